The first-order valence-corrected chi connectivity index (χ1v) is 9.17. The van der Waals surface area contributed by atoms with Crippen LogP contribution >= 0.6 is 11.3 Å². The van der Waals surface area contributed by atoms with Crippen LogP contribution < -0.4 is 15.2 Å². The summed E-state index contributed by atoms with van der Waals surface area (Å²) in [5, 5.41) is 2.72. The van der Waals surface area contributed by atoms with Gasteiger partial charge in [0, 0.05) is 28.9 Å². The Morgan fingerprint density at radius 3 is 2.88 bits per heavy atom. The Morgan fingerprint density at radius 1 is 1.27 bits per heavy atom. The molecule has 1 aliphatic rings. The van der Waals surface area contributed by atoms with Crippen molar-refractivity contribution in [3.05, 3.63) is 51.6 Å². The van der Waals surface area contributed by atoms with Crippen LogP contribution in [-0.2, 0) is 17.8 Å². The van der Waals surface area contributed by atoms with Gasteiger partial charge in [-0.3, -0.25) is 4.79 Å². The summed E-state index contributed by atoms with van der Waals surface area (Å²) in [6, 6.07) is 8.16. The average Bonchev–Trinajstić information content (AvgIpc) is 3.29. The molecule has 3 aromatic rings. The van der Waals surface area contributed by atoms with Gasteiger partial charge in [-0.1, -0.05) is 6.07 Å². The number of carbonyl (C=O) groups is 1. The van der Waals surface area contributed by atoms with Crippen molar-refractivity contribution >= 4 is 17.2 Å². The fourth-order valence-corrected chi connectivity index (χ4v) is 3.99. The lowest BCUT2D eigenvalue weighted by molar-refractivity contribution is -0.117. The summed E-state index contributed by atoms with van der Waals surface area (Å²) in [6.07, 6.45) is 0.181. The molecule has 0 saturated carbocycles. The third-order valence-electron chi connectivity index (χ3n) is 4.50. The number of aryl methyl sites for hydroxylation is 1. The molecule has 3 heterocycles. The summed E-state index contributed by atoms with van der Waals surface area (Å²) < 4.78 is 13.1. The summed E-state index contributed by atoms with van der Waals surface area (Å²) >= 11 is 1.46. The maximum absolute atomic E-state index is 11.1. The predicted octanol–water partition coefficient (Wildman–Crippen LogP) is 3.03. The highest BCUT2D eigenvalue weighted by atomic mass is 32.1. The van der Waals surface area contributed by atoms with E-state index >= 15 is 0 Å². The van der Waals surface area contributed by atoms with Crippen LogP contribution in [0.25, 0.3) is 11.3 Å². The molecule has 0 saturated heterocycles. The normalized spacial score (nSPS) is 12.5. The number of hydrogen-bond donors (Lipinski definition) is 1. The first kappa shape index (κ1) is 16.7. The molecule has 0 fully saturated rings. The lowest BCUT2D eigenvalue weighted by Gasteiger charge is -2.10. The second kappa shape index (κ2) is 6.49. The second-order valence-electron chi connectivity index (χ2n) is 6.33. The van der Waals surface area contributed by atoms with Gasteiger partial charge in [0.25, 0.3) is 0 Å². The van der Waals surface area contributed by atoms with Gasteiger partial charge in [-0.2, -0.15) is 0 Å². The molecule has 0 unspecified atom stereocenters. The first-order valence-electron chi connectivity index (χ1n) is 8.29. The maximum atomic E-state index is 11.1. The monoisotopic (exact) mass is 369 g/mol. The molecule has 134 valence electrons. The van der Waals surface area contributed by atoms with Crippen molar-refractivity contribution < 1.29 is 14.3 Å². The van der Waals surface area contributed by atoms with E-state index in [-0.39, 0.29) is 19.1 Å². The van der Waals surface area contributed by atoms with Crippen LogP contribution in [0.5, 0.6) is 11.5 Å². The maximum Gasteiger partial charge on any atom is 0.231 e. The van der Waals surface area contributed by atoms with Crippen molar-refractivity contribution in [2.24, 2.45) is 5.73 Å². The van der Waals surface area contributed by atoms with E-state index < -0.39 is 0 Å². The first-order chi connectivity index (χ1) is 12.5. The summed E-state index contributed by atoms with van der Waals surface area (Å²) in [6.45, 7) is 5.19. The highest BCUT2D eigenvalue weighted by Gasteiger charge is 2.17. The van der Waals surface area contributed by atoms with Gasteiger partial charge in [0.15, 0.2) is 11.5 Å². The van der Waals surface area contributed by atoms with Crippen molar-refractivity contribution in [2.45, 2.75) is 26.8 Å². The number of primary amides is 1. The summed E-state index contributed by atoms with van der Waals surface area (Å²) in [5.41, 5.74) is 10.7. The van der Waals surface area contributed by atoms with Crippen molar-refractivity contribution in [3.8, 4) is 22.8 Å². The quantitative estimate of drug-likeness (QED) is 0.750. The zero-order valence-electron chi connectivity index (χ0n) is 14.6. The molecule has 2 aromatic heterocycles. The van der Waals surface area contributed by atoms with E-state index in [0.717, 1.165) is 51.3 Å². The van der Waals surface area contributed by atoms with E-state index in [1.807, 2.05) is 17.5 Å². The smallest absolute Gasteiger partial charge is 0.231 e. The number of benzene rings is 1. The Morgan fingerprint density at radius 2 is 2.08 bits per heavy atom. The molecular weight excluding hydrogens is 350 g/mol. The predicted molar refractivity (Wildman–Crippen MR) is 99.6 cm³/mol. The van der Waals surface area contributed by atoms with Crippen molar-refractivity contribution in [1.82, 2.24) is 9.55 Å². The number of nitrogens with two attached hydrogens (primary N) is 1. The number of thiazole rings is 1. The van der Waals surface area contributed by atoms with Gasteiger partial charge < -0.3 is 19.8 Å². The number of fused-ring (bicyclic) bond motifs is 1. The van der Waals surface area contributed by atoms with Crippen LogP contribution in [-0.4, -0.2) is 22.3 Å². The van der Waals surface area contributed by atoms with Crippen molar-refractivity contribution in [3.63, 3.8) is 0 Å². The van der Waals surface area contributed by atoms with Crippen LogP contribution in [0.4, 0.5) is 0 Å². The Bertz CT molecular complexity index is 990. The second-order valence-corrected chi connectivity index (χ2v) is 7.27. The molecule has 1 aliphatic heterocycles. The largest absolute Gasteiger partial charge is 0.454 e. The molecule has 0 radical (unpaired) electrons. The Kier molecular flexibility index (Phi) is 4.16. The van der Waals surface area contributed by atoms with E-state index in [1.54, 1.807) is 0 Å². The molecule has 26 heavy (non-hydrogen) atoms. The van der Waals surface area contributed by atoms with E-state index in [0.29, 0.717) is 0 Å². The number of ether oxygens (including phenoxy) is 2. The van der Waals surface area contributed by atoms with Gasteiger partial charge in [-0.15, -0.1) is 11.3 Å². The zero-order valence-corrected chi connectivity index (χ0v) is 15.4. The summed E-state index contributed by atoms with van der Waals surface area (Å²) in [7, 11) is 0. The lowest BCUT2D eigenvalue weighted by Crippen LogP contribution is -2.13. The third kappa shape index (κ3) is 3.06. The summed E-state index contributed by atoms with van der Waals surface area (Å²) in [5.74, 6) is 1.22. The van der Waals surface area contributed by atoms with Crippen LogP contribution in [0.2, 0.25) is 0 Å². The molecule has 6 nitrogen and oxygen atoms in total. The Labute approximate surface area is 155 Å². The van der Waals surface area contributed by atoms with Gasteiger partial charge in [-0.25, -0.2) is 4.98 Å². The fourth-order valence-electron chi connectivity index (χ4n) is 3.19. The minimum Gasteiger partial charge on any atom is -0.454 e. The van der Waals surface area contributed by atoms with E-state index in [9.17, 15) is 4.79 Å². The standard InChI is InChI=1S/C19H19N3O3S/c1-11-5-14(15-9-26-19(21-15)7-18(20)23)12(2)22(11)8-13-3-4-16-17(6-13)25-10-24-16/h3-6,9H,7-8,10H2,1-2H3,(H2,20,23). The molecule has 0 spiro atoms. The van der Waals surface area contributed by atoms with Crippen LogP contribution in [0.3, 0.4) is 0 Å². The fraction of sp³-hybridized carbons (Fsp3) is 0.263. The van der Waals surface area contributed by atoms with Crippen LogP contribution in [0, 0.1) is 13.8 Å². The lowest BCUT2D eigenvalue weighted by atomic mass is 10.2. The number of aromatic nitrogens is 2. The molecule has 0 aliphatic carbocycles. The topological polar surface area (TPSA) is 79.4 Å². The van der Waals surface area contributed by atoms with Crippen LogP contribution in [0.1, 0.15) is 22.0 Å². The number of amides is 1. The minimum absolute atomic E-state index is 0.181. The molecule has 0 atom stereocenters. The highest BCUT2D eigenvalue weighted by Crippen LogP contribution is 2.34. The molecule has 0 bridgehead atoms. The number of hydrogen-bond acceptors (Lipinski definition) is 5. The number of carbonyl (C=O) groups excluding carboxylic acids is 1. The molecule has 7 heteroatoms. The van der Waals surface area contributed by atoms with Crippen molar-refractivity contribution in [2.75, 3.05) is 6.79 Å². The summed E-state index contributed by atoms with van der Waals surface area (Å²) in [4.78, 5) is 15.6. The molecule has 1 aromatic carbocycles. The van der Waals surface area contributed by atoms with E-state index in [2.05, 4.69) is 35.5 Å². The van der Waals surface area contributed by atoms with Gasteiger partial charge in [0.2, 0.25) is 12.7 Å². The van der Waals surface area contributed by atoms with Crippen LogP contribution in [0.15, 0.2) is 29.6 Å². The molecule has 1 amide bonds. The van der Waals surface area contributed by atoms with Gasteiger partial charge >= 0.3 is 0 Å². The highest BCUT2D eigenvalue weighted by molar-refractivity contribution is 7.10. The minimum atomic E-state index is -0.362. The number of nitrogens with zero attached hydrogens (tertiary/aromatic N) is 2. The van der Waals surface area contributed by atoms with Gasteiger partial charge in [0.1, 0.15) is 5.01 Å². The molecule has 4 rings (SSSR count). The van der Waals surface area contributed by atoms with Crippen molar-refractivity contribution in [1.29, 1.82) is 0 Å². The van der Waals surface area contributed by atoms with E-state index in [1.165, 1.54) is 11.3 Å². The zero-order chi connectivity index (χ0) is 18.3. The molecular formula is C19H19N3O3S. The third-order valence-corrected chi connectivity index (χ3v) is 5.35. The SMILES string of the molecule is Cc1cc(-c2csc(CC(N)=O)n2)c(C)n1Cc1ccc2c(c1)OCO2. The van der Waals surface area contributed by atoms with E-state index in [4.69, 9.17) is 15.2 Å². The number of rotatable bonds is 5. The molecule has 2 N–H and O–H groups in total. The average molecular weight is 369 g/mol. The van der Waals surface area contributed by atoms with Gasteiger partial charge in [-0.05, 0) is 37.6 Å². The Hall–Kier alpha value is -2.80. The Balaban J connectivity index is 1.62. The van der Waals surface area contributed by atoms with Gasteiger partial charge in [0.05, 0.1) is 12.1 Å².